The Morgan fingerprint density at radius 1 is 1.03 bits per heavy atom. The van der Waals surface area contributed by atoms with Crippen LogP contribution in [0.3, 0.4) is 0 Å². The van der Waals surface area contributed by atoms with Crippen LogP contribution in [-0.2, 0) is 12.3 Å². The molecule has 166 valence electrons. The molecule has 1 saturated carbocycles. The minimum absolute atomic E-state index is 0.388. The van der Waals surface area contributed by atoms with Crippen LogP contribution < -0.4 is 0 Å². The third kappa shape index (κ3) is 3.97. The van der Waals surface area contributed by atoms with Crippen LogP contribution in [0.4, 0.5) is 0 Å². The Hall–Kier alpha value is -3.66. The van der Waals surface area contributed by atoms with Crippen molar-refractivity contribution >= 4 is 11.8 Å². The zero-order valence-electron chi connectivity index (χ0n) is 17.8. The lowest BCUT2D eigenvalue weighted by atomic mass is 10.1. The number of rotatable bonds is 8. The molecule has 10 heteroatoms. The highest BCUT2D eigenvalue weighted by atomic mass is 32.2. The van der Waals surface area contributed by atoms with Crippen LogP contribution in [0, 0.1) is 6.92 Å². The smallest absolute Gasteiger partial charge is 0.253 e. The number of thioether (sulfide) groups is 1. The Balaban J connectivity index is 1.23. The van der Waals surface area contributed by atoms with Gasteiger partial charge in [-0.3, -0.25) is 4.57 Å². The van der Waals surface area contributed by atoms with E-state index in [1.807, 2.05) is 49.4 Å². The number of nitrogens with zero attached hydrogens (tertiary/aromatic N) is 6. The highest BCUT2D eigenvalue weighted by molar-refractivity contribution is 7.98. The molecule has 0 atom stereocenters. The first-order valence-electron chi connectivity index (χ1n) is 10.7. The number of benzene rings is 1. The van der Waals surface area contributed by atoms with Gasteiger partial charge < -0.3 is 13.4 Å². The SMILES string of the molecule is Cc1onc(-c2ccccc2)c1-c1nnc(CSc2nnc(C3CC3)n2Cc2ccco2)o1. The molecule has 1 fully saturated rings. The minimum Gasteiger partial charge on any atom is -0.467 e. The monoisotopic (exact) mass is 460 g/mol. The second-order valence-electron chi connectivity index (χ2n) is 7.90. The molecule has 0 radical (unpaired) electrons. The third-order valence-electron chi connectivity index (χ3n) is 5.50. The topological polar surface area (TPSA) is 109 Å². The van der Waals surface area contributed by atoms with E-state index in [1.54, 1.807) is 6.26 Å². The molecule has 0 bridgehead atoms. The van der Waals surface area contributed by atoms with E-state index >= 15 is 0 Å². The van der Waals surface area contributed by atoms with E-state index < -0.39 is 0 Å². The van der Waals surface area contributed by atoms with Crippen molar-refractivity contribution < 1.29 is 13.4 Å². The van der Waals surface area contributed by atoms with E-state index in [2.05, 4.69) is 30.1 Å². The summed E-state index contributed by atoms with van der Waals surface area (Å²) in [6, 6.07) is 13.6. The Kier molecular flexibility index (Phi) is 5.06. The lowest BCUT2D eigenvalue weighted by molar-refractivity contribution is 0.399. The molecular formula is C23H20N6O3S. The molecule has 0 aliphatic heterocycles. The standard InChI is InChI=1S/C23H20N6O3S/c1-14-19(20(28-32-14)15-6-3-2-4-7-15)22-26-24-18(31-22)13-33-23-27-25-21(16-9-10-16)29(23)12-17-8-5-11-30-17/h2-8,11,16H,9-10,12-13H2,1H3. The Bertz CT molecular complexity index is 1370. The van der Waals surface area contributed by atoms with E-state index in [4.69, 9.17) is 13.4 Å². The Morgan fingerprint density at radius 3 is 2.70 bits per heavy atom. The summed E-state index contributed by atoms with van der Waals surface area (Å²) < 4.78 is 19.1. The van der Waals surface area contributed by atoms with Gasteiger partial charge in [-0.2, -0.15) is 0 Å². The fourth-order valence-corrected chi connectivity index (χ4v) is 4.50. The molecule has 0 unspecified atom stereocenters. The molecule has 0 spiro atoms. The summed E-state index contributed by atoms with van der Waals surface area (Å²) in [5, 5.41) is 22.4. The second kappa shape index (κ2) is 8.36. The highest BCUT2D eigenvalue weighted by Gasteiger charge is 2.31. The van der Waals surface area contributed by atoms with Crippen molar-refractivity contribution in [2.24, 2.45) is 0 Å². The summed E-state index contributed by atoms with van der Waals surface area (Å²) in [6.45, 7) is 2.44. The van der Waals surface area contributed by atoms with Crippen molar-refractivity contribution in [3.05, 3.63) is 72.0 Å². The summed E-state index contributed by atoms with van der Waals surface area (Å²) in [5.41, 5.74) is 2.32. The van der Waals surface area contributed by atoms with Gasteiger partial charge in [0.1, 0.15) is 28.6 Å². The summed E-state index contributed by atoms with van der Waals surface area (Å²) in [6.07, 6.45) is 3.98. The van der Waals surface area contributed by atoms with E-state index in [0.717, 1.165) is 35.1 Å². The van der Waals surface area contributed by atoms with Crippen molar-refractivity contribution in [1.82, 2.24) is 30.1 Å². The predicted molar refractivity (Wildman–Crippen MR) is 119 cm³/mol. The first-order chi connectivity index (χ1) is 16.3. The van der Waals surface area contributed by atoms with Gasteiger partial charge in [-0.05, 0) is 31.9 Å². The van der Waals surface area contributed by atoms with Crippen LogP contribution in [0.2, 0.25) is 0 Å². The molecule has 1 aliphatic rings. The van der Waals surface area contributed by atoms with Crippen LogP contribution in [0.1, 0.15) is 42.0 Å². The molecule has 4 aromatic heterocycles. The van der Waals surface area contributed by atoms with Crippen LogP contribution in [0.25, 0.3) is 22.7 Å². The molecule has 1 aromatic carbocycles. The number of furan rings is 1. The minimum atomic E-state index is 0.388. The fourth-order valence-electron chi connectivity index (χ4n) is 3.71. The molecular weight excluding hydrogens is 440 g/mol. The largest absolute Gasteiger partial charge is 0.467 e. The molecule has 0 amide bonds. The van der Waals surface area contributed by atoms with Gasteiger partial charge in [-0.15, -0.1) is 20.4 Å². The predicted octanol–water partition coefficient (Wildman–Crippen LogP) is 5.10. The molecule has 4 heterocycles. The molecule has 33 heavy (non-hydrogen) atoms. The molecule has 6 rings (SSSR count). The van der Waals surface area contributed by atoms with Gasteiger partial charge in [-0.25, -0.2) is 0 Å². The third-order valence-corrected chi connectivity index (χ3v) is 6.45. The van der Waals surface area contributed by atoms with E-state index in [-0.39, 0.29) is 0 Å². The lowest BCUT2D eigenvalue weighted by Gasteiger charge is -2.07. The van der Waals surface area contributed by atoms with E-state index in [0.29, 0.717) is 47.0 Å². The van der Waals surface area contributed by atoms with Gasteiger partial charge in [0.2, 0.25) is 5.89 Å². The fraction of sp³-hybridized carbons (Fsp3) is 0.261. The average molecular weight is 461 g/mol. The van der Waals surface area contributed by atoms with E-state index in [9.17, 15) is 0 Å². The molecule has 0 N–H and O–H groups in total. The maximum absolute atomic E-state index is 5.99. The Labute approximate surface area is 193 Å². The molecule has 5 aromatic rings. The second-order valence-corrected chi connectivity index (χ2v) is 8.84. The van der Waals surface area contributed by atoms with Gasteiger partial charge in [0.15, 0.2) is 5.16 Å². The summed E-state index contributed by atoms with van der Waals surface area (Å²) in [7, 11) is 0. The van der Waals surface area contributed by atoms with Gasteiger partial charge in [0.05, 0.1) is 18.6 Å². The molecule has 1 aliphatic carbocycles. The van der Waals surface area contributed by atoms with Crippen LogP contribution in [-0.4, -0.2) is 30.1 Å². The average Bonchev–Trinajstić information content (AvgIpc) is 3.23. The van der Waals surface area contributed by atoms with Crippen molar-refractivity contribution in [3.8, 4) is 22.7 Å². The van der Waals surface area contributed by atoms with Gasteiger partial charge in [-0.1, -0.05) is 47.3 Å². The number of hydrogen-bond acceptors (Lipinski definition) is 9. The summed E-state index contributed by atoms with van der Waals surface area (Å²) in [4.78, 5) is 0. The first kappa shape index (κ1) is 20.0. The first-order valence-corrected chi connectivity index (χ1v) is 11.7. The van der Waals surface area contributed by atoms with E-state index in [1.165, 1.54) is 11.8 Å². The van der Waals surface area contributed by atoms with Gasteiger partial charge in [0.25, 0.3) is 5.89 Å². The highest BCUT2D eigenvalue weighted by Crippen LogP contribution is 2.40. The van der Waals surface area contributed by atoms with Crippen molar-refractivity contribution in [1.29, 1.82) is 0 Å². The maximum atomic E-state index is 5.99. The molecule has 9 nitrogen and oxygen atoms in total. The summed E-state index contributed by atoms with van der Waals surface area (Å²) in [5.74, 6) is 4.34. The quantitative estimate of drug-likeness (QED) is 0.292. The van der Waals surface area contributed by atoms with Crippen LogP contribution in [0.5, 0.6) is 0 Å². The van der Waals surface area contributed by atoms with Gasteiger partial charge in [0, 0.05) is 11.5 Å². The van der Waals surface area contributed by atoms with Crippen molar-refractivity contribution in [2.45, 2.75) is 43.1 Å². The molecule has 0 saturated heterocycles. The zero-order chi connectivity index (χ0) is 22.2. The van der Waals surface area contributed by atoms with Crippen molar-refractivity contribution in [3.63, 3.8) is 0 Å². The van der Waals surface area contributed by atoms with Crippen molar-refractivity contribution in [2.75, 3.05) is 0 Å². The lowest BCUT2D eigenvalue weighted by Crippen LogP contribution is -2.05. The normalized spacial score (nSPS) is 13.6. The summed E-state index contributed by atoms with van der Waals surface area (Å²) >= 11 is 1.52. The van der Waals surface area contributed by atoms with Crippen LogP contribution >= 0.6 is 11.8 Å². The maximum Gasteiger partial charge on any atom is 0.253 e. The zero-order valence-corrected chi connectivity index (χ0v) is 18.7. The number of aryl methyl sites for hydroxylation is 1. The Morgan fingerprint density at radius 2 is 1.91 bits per heavy atom. The number of hydrogen-bond donors (Lipinski definition) is 0. The van der Waals surface area contributed by atoms with Gasteiger partial charge >= 0.3 is 0 Å². The van der Waals surface area contributed by atoms with Crippen LogP contribution in [0.15, 0.2) is 67.2 Å². The number of aromatic nitrogens is 6.